The van der Waals surface area contributed by atoms with Gasteiger partial charge in [0.05, 0.1) is 10.6 Å². The highest BCUT2D eigenvalue weighted by Gasteiger charge is 2.21. The van der Waals surface area contributed by atoms with Crippen LogP contribution in [0.15, 0.2) is 41.8 Å². The lowest BCUT2D eigenvalue weighted by Gasteiger charge is -2.00. The van der Waals surface area contributed by atoms with Gasteiger partial charge in [-0.1, -0.05) is 36.1 Å². The van der Waals surface area contributed by atoms with Crippen molar-refractivity contribution < 1.29 is 4.79 Å². The molecule has 94 valence electrons. The van der Waals surface area contributed by atoms with Crippen LogP contribution >= 0.6 is 24.0 Å². The maximum atomic E-state index is 11.5. The molecule has 1 fully saturated rings. The zero-order chi connectivity index (χ0) is 13.2. The second-order valence-corrected chi connectivity index (χ2v) is 5.50. The van der Waals surface area contributed by atoms with Crippen LogP contribution < -0.4 is 5.32 Å². The average Bonchev–Trinajstić information content (AvgIpc) is 3.01. The van der Waals surface area contributed by atoms with Gasteiger partial charge < -0.3 is 5.32 Å². The predicted molar refractivity (Wildman–Crippen MR) is 77.7 cm³/mol. The molecular weight excluding hydrogens is 280 g/mol. The summed E-state index contributed by atoms with van der Waals surface area (Å²) < 4.78 is 2.17. The van der Waals surface area contributed by atoms with Crippen LogP contribution in [0.1, 0.15) is 5.56 Å². The number of hydrogen-bond acceptors (Lipinski definition) is 5. The van der Waals surface area contributed by atoms with Crippen LogP contribution in [-0.2, 0) is 4.79 Å². The van der Waals surface area contributed by atoms with E-state index in [2.05, 4.69) is 15.4 Å². The van der Waals surface area contributed by atoms with Gasteiger partial charge in [-0.15, -0.1) is 0 Å². The summed E-state index contributed by atoms with van der Waals surface area (Å²) in [5.41, 5.74) is 1.85. The van der Waals surface area contributed by atoms with E-state index < -0.39 is 0 Å². The molecular formula is C12H8N4OS2. The molecule has 0 radical (unpaired) electrons. The van der Waals surface area contributed by atoms with E-state index in [1.54, 1.807) is 11.0 Å². The van der Waals surface area contributed by atoms with Gasteiger partial charge in [-0.2, -0.15) is 5.10 Å². The minimum Gasteiger partial charge on any atom is -0.307 e. The number of aromatic nitrogens is 3. The number of rotatable bonds is 2. The number of hydrogen-bond donors (Lipinski definition) is 1. The number of carbonyl (C=O) groups excluding carboxylic acids is 1. The average molecular weight is 288 g/mol. The van der Waals surface area contributed by atoms with Crippen LogP contribution in [0.25, 0.3) is 11.8 Å². The predicted octanol–water partition coefficient (Wildman–Crippen LogP) is 1.76. The van der Waals surface area contributed by atoms with Gasteiger partial charge in [0, 0.05) is 0 Å². The summed E-state index contributed by atoms with van der Waals surface area (Å²) in [6, 6.07) is 7.66. The Kier molecular flexibility index (Phi) is 3.14. The Hall–Kier alpha value is -1.99. The van der Waals surface area contributed by atoms with Crippen molar-refractivity contribution >= 4 is 40.3 Å². The highest BCUT2D eigenvalue weighted by Crippen LogP contribution is 2.25. The molecule has 0 atom stereocenters. The number of nitrogens with one attached hydrogen (secondary N) is 1. The number of thiocarbonyl (C=S) groups is 1. The van der Waals surface area contributed by atoms with Crippen molar-refractivity contribution in [3.05, 3.63) is 47.4 Å². The number of nitrogens with zero attached hydrogens (tertiary/aromatic N) is 3. The fourth-order valence-electron chi connectivity index (χ4n) is 1.64. The Balaban J connectivity index is 1.86. The second-order valence-electron chi connectivity index (χ2n) is 3.78. The van der Waals surface area contributed by atoms with Gasteiger partial charge in [-0.05, 0) is 23.8 Å². The molecule has 0 saturated carbocycles. The summed E-state index contributed by atoms with van der Waals surface area (Å²) >= 11 is 6.21. The van der Waals surface area contributed by atoms with Crippen LogP contribution in [0.2, 0.25) is 0 Å². The number of carbonyl (C=O) groups is 1. The molecule has 1 aliphatic rings. The molecule has 5 nitrogen and oxygen atoms in total. The minimum absolute atomic E-state index is 0.143. The number of amides is 1. The molecule has 0 aliphatic carbocycles. The number of thioether (sulfide) groups is 1. The summed E-state index contributed by atoms with van der Waals surface area (Å²) in [6.45, 7) is 0. The van der Waals surface area contributed by atoms with Crippen LogP contribution in [0.3, 0.4) is 0 Å². The third kappa shape index (κ3) is 2.56. The Morgan fingerprint density at radius 3 is 2.68 bits per heavy atom. The van der Waals surface area contributed by atoms with Crippen molar-refractivity contribution in [2.45, 2.75) is 0 Å². The van der Waals surface area contributed by atoms with Crippen LogP contribution in [-0.4, -0.2) is 25.0 Å². The largest absolute Gasteiger partial charge is 0.307 e. The van der Waals surface area contributed by atoms with Crippen molar-refractivity contribution in [1.29, 1.82) is 0 Å². The van der Waals surface area contributed by atoms with Gasteiger partial charge >= 0.3 is 0 Å². The highest BCUT2D eigenvalue weighted by atomic mass is 32.2. The number of benzene rings is 1. The molecule has 2 aromatic rings. The molecule has 1 amide bonds. The summed E-state index contributed by atoms with van der Waals surface area (Å²) in [5, 5.41) is 6.63. The van der Waals surface area contributed by atoms with Gasteiger partial charge in [0.2, 0.25) is 0 Å². The third-order valence-electron chi connectivity index (χ3n) is 2.52. The molecule has 0 bridgehead atoms. The van der Waals surface area contributed by atoms with Gasteiger partial charge in [0.1, 0.15) is 17.0 Å². The first kappa shape index (κ1) is 12.1. The maximum Gasteiger partial charge on any atom is 0.263 e. The summed E-state index contributed by atoms with van der Waals surface area (Å²) in [4.78, 5) is 16.0. The van der Waals surface area contributed by atoms with Gasteiger partial charge in [0.25, 0.3) is 5.91 Å². The normalized spacial score (nSPS) is 16.9. The van der Waals surface area contributed by atoms with Gasteiger partial charge in [-0.3, -0.25) is 4.79 Å². The van der Waals surface area contributed by atoms with Gasteiger partial charge in [-0.25, -0.2) is 9.67 Å². The van der Waals surface area contributed by atoms with E-state index in [1.807, 2.05) is 30.3 Å². The van der Waals surface area contributed by atoms with Crippen molar-refractivity contribution in [3.63, 3.8) is 0 Å². The molecule has 2 heterocycles. The zero-order valence-electron chi connectivity index (χ0n) is 9.61. The van der Waals surface area contributed by atoms with Gasteiger partial charge in [0.15, 0.2) is 0 Å². The van der Waals surface area contributed by atoms with Crippen molar-refractivity contribution in [3.8, 4) is 5.69 Å². The molecule has 7 heteroatoms. The van der Waals surface area contributed by atoms with Crippen LogP contribution in [0, 0.1) is 0 Å². The summed E-state index contributed by atoms with van der Waals surface area (Å²) in [7, 11) is 0. The van der Waals surface area contributed by atoms with E-state index in [0.29, 0.717) is 9.23 Å². The Labute approximate surface area is 118 Å². The lowest BCUT2D eigenvalue weighted by molar-refractivity contribution is -0.115. The first-order valence-electron chi connectivity index (χ1n) is 5.42. The quantitative estimate of drug-likeness (QED) is 0.674. The van der Waals surface area contributed by atoms with E-state index >= 15 is 0 Å². The van der Waals surface area contributed by atoms with Crippen molar-refractivity contribution in [2.24, 2.45) is 0 Å². The van der Waals surface area contributed by atoms with E-state index in [1.165, 1.54) is 18.1 Å². The molecule has 1 aromatic heterocycles. The Morgan fingerprint density at radius 2 is 2.11 bits per heavy atom. The van der Waals surface area contributed by atoms with E-state index in [-0.39, 0.29) is 5.91 Å². The SMILES string of the molecule is O=C1NC(=S)S/C1=C\c1ccc(-n2cncn2)cc1. The topological polar surface area (TPSA) is 59.8 Å². The highest BCUT2D eigenvalue weighted by molar-refractivity contribution is 8.26. The first-order chi connectivity index (χ1) is 9.22. The first-order valence-corrected chi connectivity index (χ1v) is 6.65. The molecule has 3 rings (SSSR count). The van der Waals surface area contributed by atoms with Crippen molar-refractivity contribution in [2.75, 3.05) is 0 Å². The molecule has 1 aliphatic heterocycles. The minimum atomic E-state index is -0.143. The van der Waals surface area contributed by atoms with E-state index in [0.717, 1.165) is 11.3 Å². The summed E-state index contributed by atoms with van der Waals surface area (Å²) in [5.74, 6) is -0.143. The smallest absolute Gasteiger partial charge is 0.263 e. The lowest BCUT2D eigenvalue weighted by Crippen LogP contribution is -2.17. The fraction of sp³-hybridized carbons (Fsp3) is 0. The van der Waals surface area contributed by atoms with E-state index in [4.69, 9.17) is 12.2 Å². The van der Waals surface area contributed by atoms with E-state index in [9.17, 15) is 4.79 Å². The van der Waals surface area contributed by atoms with Crippen molar-refractivity contribution in [1.82, 2.24) is 20.1 Å². The standard InChI is InChI=1S/C12H8N4OS2/c17-11-10(19-12(18)15-11)5-8-1-3-9(4-2-8)16-7-13-6-14-16/h1-7H,(H,15,17,18)/b10-5-. The summed E-state index contributed by atoms with van der Waals surface area (Å²) in [6.07, 6.45) is 4.92. The monoisotopic (exact) mass is 288 g/mol. The molecule has 1 N–H and O–H groups in total. The fourth-order valence-corrected chi connectivity index (χ4v) is 2.68. The zero-order valence-corrected chi connectivity index (χ0v) is 11.2. The lowest BCUT2D eigenvalue weighted by atomic mass is 10.2. The molecule has 0 unspecified atom stereocenters. The molecule has 0 spiro atoms. The Bertz CT molecular complexity index is 662. The Morgan fingerprint density at radius 1 is 1.32 bits per heavy atom. The van der Waals surface area contributed by atoms with Crippen LogP contribution in [0.4, 0.5) is 0 Å². The molecule has 19 heavy (non-hydrogen) atoms. The molecule has 1 aromatic carbocycles. The van der Waals surface area contributed by atoms with Crippen LogP contribution in [0.5, 0.6) is 0 Å². The molecule has 1 saturated heterocycles. The maximum absolute atomic E-state index is 11.5. The second kappa shape index (κ2) is 4.94. The third-order valence-corrected chi connectivity index (χ3v) is 3.68.